The van der Waals surface area contributed by atoms with Gasteiger partial charge in [-0.1, -0.05) is 5.16 Å². The van der Waals surface area contributed by atoms with Crippen molar-refractivity contribution in [2.24, 2.45) is 0 Å². The molecule has 0 aliphatic rings. The highest BCUT2D eigenvalue weighted by Gasteiger charge is 2.16. The predicted octanol–water partition coefficient (Wildman–Crippen LogP) is 2.00. The fraction of sp³-hybridized carbons (Fsp3) is 0.278. The van der Waals surface area contributed by atoms with Crippen molar-refractivity contribution in [2.75, 3.05) is 13.1 Å². The lowest BCUT2D eigenvalue weighted by Gasteiger charge is -2.07. The minimum Gasteiger partial charge on any atom is -0.353 e. The number of hydrogen-bond acceptors (Lipinski definition) is 6. The second-order valence-electron chi connectivity index (χ2n) is 6.18. The fourth-order valence-electron chi connectivity index (χ4n) is 2.51. The Morgan fingerprint density at radius 1 is 1.17 bits per heavy atom. The molecule has 2 aromatic heterocycles. The first-order valence-corrected chi connectivity index (χ1v) is 9.48. The fourth-order valence-corrected chi connectivity index (χ4v) is 2.79. The Labute approximate surface area is 173 Å². The first kappa shape index (κ1) is 20.6. The van der Waals surface area contributed by atoms with E-state index in [-0.39, 0.29) is 43.1 Å². The third-order valence-electron chi connectivity index (χ3n) is 4.04. The number of nitrogens with one attached hydrogen (secondary N) is 2. The van der Waals surface area contributed by atoms with E-state index in [1.807, 2.05) is 13.8 Å². The van der Waals surface area contributed by atoms with Crippen LogP contribution in [0.5, 0.6) is 0 Å². The lowest BCUT2D eigenvalue weighted by Crippen LogP contribution is -2.36. The highest BCUT2D eigenvalue weighted by molar-refractivity contribution is 9.10. The molecule has 0 aliphatic carbocycles. The standard InChI is InChI=1S/C18H18BrFN6O3/c1-10-15(19)11(2)26(24-10)9-14(27)21-7-8-22-17(28)18-23-16(25-29-18)12-3-5-13(20)6-4-12/h3-6H,7-9H2,1-2H3,(H,21,27)(H,22,28). The molecule has 9 nitrogen and oxygen atoms in total. The summed E-state index contributed by atoms with van der Waals surface area (Å²) < 4.78 is 20.4. The topological polar surface area (TPSA) is 115 Å². The number of rotatable bonds is 7. The lowest BCUT2D eigenvalue weighted by atomic mass is 10.2. The number of benzene rings is 1. The Morgan fingerprint density at radius 2 is 1.86 bits per heavy atom. The van der Waals surface area contributed by atoms with Crippen molar-refractivity contribution in [1.82, 2.24) is 30.6 Å². The first-order chi connectivity index (χ1) is 13.8. The number of hydrogen-bond donors (Lipinski definition) is 2. The van der Waals surface area contributed by atoms with Crippen LogP contribution >= 0.6 is 15.9 Å². The summed E-state index contributed by atoms with van der Waals surface area (Å²) in [6.45, 7) is 4.20. The van der Waals surface area contributed by atoms with Crippen LogP contribution in [0.2, 0.25) is 0 Å². The molecular weight excluding hydrogens is 447 g/mol. The minimum atomic E-state index is -0.567. The van der Waals surface area contributed by atoms with Crippen LogP contribution < -0.4 is 10.6 Å². The smallest absolute Gasteiger partial charge is 0.316 e. The van der Waals surface area contributed by atoms with Crippen molar-refractivity contribution in [1.29, 1.82) is 0 Å². The minimum absolute atomic E-state index is 0.0803. The summed E-state index contributed by atoms with van der Waals surface area (Å²) in [5, 5.41) is 13.2. The second kappa shape index (κ2) is 8.95. The highest BCUT2D eigenvalue weighted by Crippen LogP contribution is 2.19. The maximum absolute atomic E-state index is 13.0. The van der Waals surface area contributed by atoms with Crippen molar-refractivity contribution >= 4 is 27.7 Å². The maximum Gasteiger partial charge on any atom is 0.316 e. The molecule has 29 heavy (non-hydrogen) atoms. The summed E-state index contributed by atoms with van der Waals surface area (Å²) >= 11 is 3.41. The van der Waals surface area contributed by atoms with Crippen molar-refractivity contribution in [3.63, 3.8) is 0 Å². The number of amides is 2. The zero-order valence-electron chi connectivity index (χ0n) is 15.7. The molecule has 152 valence electrons. The third kappa shape index (κ3) is 5.05. The van der Waals surface area contributed by atoms with Gasteiger partial charge in [-0.25, -0.2) is 4.39 Å². The zero-order valence-corrected chi connectivity index (χ0v) is 17.3. The predicted molar refractivity (Wildman–Crippen MR) is 104 cm³/mol. The van der Waals surface area contributed by atoms with Crippen LogP contribution in [-0.4, -0.2) is 44.8 Å². The number of aromatic nitrogens is 4. The summed E-state index contributed by atoms with van der Waals surface area (Å²) in [6, 6.07) is 5.50. The largest absolute Gasteiger partial charge is 0.353 e. The van der Waals surface area contributed by atoms with Gasteiger partial charge < -0.3 is 15.2 Å². The highest BCUT2D eigenvalue weighted by atomic mass is 79.9. The Hall–Kier alpha value is -3.08. The second-order valence-corrected chi connectivity index (χ2v) is 6.97. The zero-order chi connectivity index (χ0) is 21.0. The van der Waals surface area contributed by atoms with Crippen molar-refractivity contribution < 1.29 is 18.5 Å². The van der Waals surface area contributed by atoms with E-state index in [4.69, 9.17) is 4.52 Å². The van der Waals surface area contributed by atoms with E-state index in [1.54, 1.807) is 4.68 Å². The number of carbonyl (C=O) groups is 2. The van der Waals surface area contributed by atoms with Gasteiger partial charge in [-0.3, -0.25) is 14.3 Å². The van der Waals surface area contributed by atoms with Crippen LogP contribution in [0, 0.1) is 19.7 Å². The van der Waals surface area contributed by atoms with Gasteiger partial charge in [0.15, 0.2) is 0 Å². The van der Waals surface area contributed by atoms with Gasteiger partial charge in [0.2, 0.25) is 11.7 Å². The van der Waals surface area contributed by atoms with Crippen LogP contribution in [0.15, 0.2) is 33.3 Å². The Bertz CT molecular complexity index is 1030. The molecule has 0 atom stereocenters. The molecule has 2 heterocycles. The third-order valence-corrected chi connectivity index (χ3v) is 5.19. The van der Waals surface area contributed by atoms with Crippen molar-refractivity contribution in [2.45, 2.75) is 20.4 Å². The maximum atomic E-state index is 13.0. The Morgan fingerprint density at radius 3 is 2.52 bits per heavy atom. The molecule has 2 amide bonds. The van der Waals surface area contributed by atoms with E-state index >= 15 is 0 Å². The van der Waals surface area contributed by atoms with E-state index in [0.717, 1.165) is 15.9 Å². The van der Waals surface area contributed by atoms with Gasteiger partial charge in [0.25, 0.3) is 0 Å². The average Bonchev–Trinajstić information content (AvgIpc) is 3.28. The van der Waals surface area contributed by atoms with E-state index in [0.29, 0.717) is 5.56 Å². The monoisotopic (exact) mass is 464 g/mol. The summed E-state index contributed by atoms with van der Waals surface area (Å²) in [7, 11) is 0. The van der Waals surface area contributed by atoms with Crippen LogP contribution in [-0.2, 0) is 11.3 Å². The molecule has 0 saturated carbocycles. The van der Waals surface area contributed by atoms with Gasteiger partial charge in [0.05, 0.1) is 15.9 Å². The van der Waals surface area contributed by atoms with Gasteiger partial charge in [-0.2, -0.15) is 10.1 Å². The Balaban J connectivity index is 1.44. The summed E-state index contributed by atoms with van der Waals surface area (Å²) in [5.74, 6) is -1.22. The van der Waals surface area contributed by atoms with Gasteiger partial charge >= 0.3 is 11.8 Å². The van der Waals surface area contributed by atoms with Gasteiger partial charge in [-0.05, 0) is 54.0 Å². The van der Waals surface area contributed by atoms with Gasteiger partial charge in [-0.15, -0.1) is 0 Å². The van der Waals surface area contributed by atoms with E-state index in [2.05, 4.69) is 41.8 Å². The van der Waals surface area contributed by atoms with Crippen LogP contribution in [0.25, 0.3) is 11.4 Å². The number of nitrogens with zero attached hydrogens (tertiary/aromatic N) is 4. The summed E-state index contributed by atoms with van der Waals surface area (Å²) in [4.78, 5) is 28.1. The van der Waals surface area contributed by atoms with Crippen molar-refractivity contribution in [3.8, 4) is 11.4 Å². The molecule has 3 aromatic rings. The summed E-state index contributed by atoms with van der Waals surface area (Å²) in [5.41, 5.74) is 2.19. The molecule has 11 heteroatoms. The number of carbonyl (C=O) groups excluding carboxylic acids is 2. The molecule has 2 N–H and O–H groups in total. The average molecular weight is 465 g/mol. The van der Waals surface area contributed by atoms with E-state index in [9.17, 15) is 14.0 Å². The summed E-state index contributed by atoms with van der Waals surface area (Å²) in [6.07, 6.45) is 0. The van der Waals surface area contributed by atoms with E-state index < -0.39 is 5.91 Å². The molecular formula is C18H18BrFN6O3. The van der Waals surface area contributed by atoms with Crippen molar-refractivity contribution in [3.05, 3.63) is 51.8 Å². The quantitative estimate of drug-likeness (QED) is 0.516. The first-order valence-electron chi connectivity index (χ1n) is 8.69. The molecule has 0 spiro atoms. The number of aryl methyl sites for hydroxylation is 1. The molecule has 0 unspecified atom stereocenters. The molecule has 0 aliphatic heterocycles. The molecule has 0 fully saturated rings. The molecule has 0 bridgehead atoms. The van der Waals surface area contributed by atoms with E-state index in [1.165, 1.54) is 24.3 Å². The SMILES string of the molecule is Cc1nn(CC(=O)NCCNC(=O)c2nc(-c3ccc(F)cc3)no2)c(C)c1Br. The molecule has 0 saturated heterocycles. The number of halogens is 2. The molecule has 1 aromatic carbocycles. The van der Waals surface area contributed by atoms with Crippen LogP contribution in [0.3, 0.4) is 0 Å². The molecule has 3 rings (SSSR count). The van der Waals surface area contributed by atoms with Crippen LogP contribution in [0.1, 0.15) is 22.1 Å². The lowest BCUT2D eigenvalue weighted by molar-refractivity contribution is -0.121. The van der Waals surface area contributed by atoms with Gasteiger partial charge in [0, 0.05) is 18.7 Å². The van der Waals surface area contributed by atoms with Crippen LogP contribution in [0.4, 0.5) is 4.39 Å². The Kier molecular flexibility index (Phi) is 6.37. The normalized spacial score (nSPS) is 10.8. The van der Waals surface area contributed by atoms with Gasteiger partial charge in [0.1, 0.15) is 12.4 Å². The molecule has 0 radical (unpaired) electrons.